The third-order valence-electron chi connectivity index (χ3n) is 20.8. The van der Waals surface area contributed by atoms with Gasteiger partial charge < -0.3 is 19.3 Å². The van der Waals surface area contributed by atoms with Gasteiger partial charge in [0.1, 0.15) is 11.6 Å². The number of carboxylic acid groups (broad SMARTS) is 2. The van der Waals surface area contributed by atoms with Gasteiger partial charge in [-0.05, 0) is 231 Å². The zero-order chi connectivity index (χ0) is 68.3. The molecule has 102 heavy (non-hydrogen) atoms. The van der Waals surface area contributed by atoms with E-state index in [2.05, 4.69) is 236 Å². The fourth-order valence-corrected chi connectivity index (χ4v) is 20.4. The summed E-state index contributed by atoms with van der Waals surface area (Å²) < 4.78 is 5.05. The monoisotopic (exact) mass is 1400 g/mol. The van der Waals surface area contributed by atoms with E-state index in [4.69, 9.17) is 6.57 Å². The van der Waals surface area contributed by atoms with E-state index < -0.39 is 11.9 Å². The van der Waals surface area contributed by atoms with E-state index in [1.807, 2.05) is 24.3 Å². The molecule has 0 unspecified atom stereocenters. The van der Waals surface area contributed by atoms with Crippen LogP contribution in [0.15, 0.2) is 230 Å². The number of aliphatic carboxylic acids is 2. The van der Waals surface area contributed by atoms with Crippen LogP contribution in [0.5, 0.6) is 0 Å². The van der Waals surface area contributed by atoms with Gasteiger partial charge in [-0.3, -0.25) is 4.79 Å². The number of hydrogen-bond acceptors (Lipinski definition) is 7. The van der Waals surface area contributed by atoms with Crippen LogP contribution in [0.2, 0.25) is 0 Å². The van der Waals surface area contributed by atoms with E-state index in [0.717, 1.165) is 67.8 Å². The molecule has 18 rings (SSSR count). The number of aromatic nitrogens is 2. The van der Waals surface area contributed by atoms with E-state index >= 15 is 0 Å². The Kier molecular flexibility index (Phi) is 17.2. The van der Waals surface area contributed by atoms with Gasteiger partial charge in [0.25, 0.3) is 5.70 Å². The summed E-state index contributed by atoms with van der Waals surface area (Å²) in [4.78, 5) is 34.2. The molecule has 8 aromatic carbocycles. The second-order valence-corrected chi connectivity index (χ2v) is 31.6. The first-order chi connectivity index (χ1) is 48.6. The average molecular weight is 1400 g/mol. The van der Waals surface area contributed by atoms with Crippen molar-refractivity contribution in [1.82, 2.24) is 9.13 Å². The second kappa shape index (κ2) is 26.2. The second-order valence-electron chi connectivity index (χ2n) is 27.2. The molecule has 0 amide bonds. The molecule has 500 valence electrons. The number of benzene rings is 8. The molecule has 8 nitrogen and oxygen atoms in total. The van der Waals surface area contributed by atoms with Gasteiger partial charge in [-0.15, -0.1) is 45.3 Å². The zero-order valence-corrected chi connectivity index (χ0v) is 58.6. The number of carboxylic acids is 2. The number of aryl methyl sites for hydroxylation is 4. The normalized spacial score (nSPS) is 14.1. The van der Waals surface area contributed by atoms with E-state index in [0.29, 0.717) is 0 Å². The van der Waals surface area contributed by atoms with E-state index in [1.165, 1.54) is 178 Å². The highest BCUT2D eigenvalue weighted by Crippen LogP contribution is 2.54. The summed E-state index contributed by atoms with van der Waals surface area (Å²) in [5.74, 6) is -2.41. The predicted octanol–water partition coefficient (Wildman–Crippen LogP) is 24.7. The van der Waals surface area contributed by atoms with E-state index in [-0.39, 0.29) is 37.0 Å². The Morgan fingerprint density at radius 1 is 0.451 bits per heavy atom. The molecule has 0 saturated carbocycles. The van der Waals surface area contributed by atoms with Crippen LogP contribution < -0.4 is 0 Å². The molecule has 0 bridgehead atoms. The van der Waals surface area contributed by atoms with Crippen LogP contribution in [0.1, 0.15) is 110 Å². The highest BCUT2D eigenvalue weighted by atomic mass is 32.1. The van der Waals surface area contributed by atoms with Gasteiger partial charge in [-0.2, -0.15) is 5.26 Å². The lowest BCUT2D eigenvalue weighted by Gasteiger charge is -2.22. The SMILES string of the molecule is C.C.CC1(C)c2ccccc2-c2ccc(-n3c(-c4ccccc4)c4c5c(cc(-c6ccc(-c7ccc(/C=C(\C#N)C(=O)O)s7)s6)cc53)CCC4)cc21.[C-]#[N+]/C(=C\c1ccc(-c2ccc(-c3ccc4c5c3CCCc5c(-c3ccccc3)n4-c3ccc4c(c3)C(C)(C)c3ccccc3-4)s2)s1)C(=O)O. The maximum absolute atomic E-state index is 11.4. The van der Waals surface area contributed by atoms with Gasteiger partial charge in [-0.25, -0.2) is 9.64 Å². The molecule has 0 atom stereocenters. The fourth-order valence-electron chi connectivity index (χ4n) is 16.3. The molecule has 2 N–H and O–H groups in total. The van der Waals surface area contributed by atoms with Crippen LogP contribution >= 0.6 is 45.3 Å². The Labute approximate surface area is 610 Å². The molecule has 14 aromatic rings. The van der Waals surface area contributed by atoms with Crippen LogP contribution in [0.4, 0.5) is 0 Å². The van der Waals surface area contributed by atoms with Crippen molar-refractivity contribution in [2.24, 2.45) is 0 Å². The molecule has 0 aliphatic heterocycles. The molecule has 6 aromatic heterocycles. The zero-order valence-electron chi connectivity index (χ0n) is 55.3. The maximum atomic E-state index is 11.4. The molecule has 0 fully saturated rings. The van der Waals surface area contributed by atoms with E-state index in [9.17, 15) is 25.1 Å². The topological polar surface area (TPSA) is 113 Å². The van der Waals surface area contributed by atoms with Crippen LogP contribution in [0.3, 0.4) is 0 Å². The van der Waals surface area contributed by atoms with Gasteiger partial charge in [0.05, 0.1) is 29.0 Å². The van der Waals surface area contributed by atoms with Crippen molar-refractivity contribution in [2.45, 2.75) is 91.9 Å². The molecule has 4 aliphatic carbocycles. The summed E-state index contributed by atoms with van der Waals surface area (Å²) in [5, 5.41) is 30.6. The first kappa shape index (κ1) is 66.9. The molecule has 0 radical (unpaired) electrons. The Hall–Kier alpha value is -11.0. The van der Waals surface area contributed by atoms with Crippen molar-refractivity contribution in [3.63, 3.8) is 0 Å². The van der Waals surface area contributed by atoms with Crippen molar-refractivity contribution < 1.29 is 19.8 Å². The third-order valence-corrected chi connectivity index (χ3v) is 25.5. The molecular formula is C90H72N4O4S4. The molecule has 0 saturated heterocycles. The lowest BCUT2D eigenvalue weighted by molar-refractivity contribution is -0.133. The minimum atomic E-state index is -1.21. The number of nitrogens with zero attached hydrogens (tertiary/aromatic N) is 4. The lowest BCUT2D eigenvalue weighted by atomic mass is 9.82. The van der Waals surface area contributed by atoms with Crippen LogP contribution in [0, 0.1) is 17.9 Å². The Bertz CT molecular complexity index is 5870. The van der Waals surface area contributed by atoms with Gasteiger partial charge in [0, 0.05) is 72.0 Å². The standard InChI is InChI=1S/2C44H32N2O2S2.2CH4/c1-44(2)34-15-8-7-12-29(34)30-18-16-27(24-35(30)44)46-37-20-19-31(32-13-9-14-33(41(32)37)42(46)26-10-5-4-6-11-26)38-22-23-40(50-38)39-21-17-28(49-39)25-36(45-3)43(47)48;1-44(2)35-14-7-6-12-32(35)33-17-15-30(24-36(33)44)46-37-23-28(21-27-11-8-13-34(41(27)37)42(46)26-9-4-3-5-10-26)38-19-20-40(50-38)39-18-16-31(49-39)22-29(25-45)43(47)48;;/h4-8,10-12,15-25H,9,13-14H2,1-2H3,(H,47,48);3-7,9-10,12,14-24H,8,11,13H2,1-2H3,(H,47,48);2*1H4/b36-25-;29-22+;;. The Balaban J connectivity index is 0.000000162. The largest absolute Gasteiger partial charge is 0.486 e. The highest BCUT2D eigenvalue weighted by Gasteiger charge is 2.38. The van der Waals surface area contributed by atoms with Crippen molar-refractivity contribution in [3.05, 3.63) is 295 Å². The number of thiophene rings is 4. The van der Waals surface area contributed by atoms with Crippen molar-refractivity contribution in [1.29, 1.82) is 5.26 Å². The third kappa shape index (κ3) is 11.0. The number of nitriles is 1. The van der Waals surface area contributed by atoms with Gasteiger partial charge >= 0.3 is 11.9 Å². The molecule has 6 heterocycles. The smallest absolute Gasteiger partial charge is 0.346 e. The predicted molar refractivity (Wildman–Crippen MR) is 427 cm³/mol. The minimum absolute atomic E-state index is 0. The van der Waals surface area contributed by atoms with Crippen molar-refractivity contribution in [2.75, 3.05) is 0 Å². The summed E-state index contributed by atoms with van der Waals surface area (Å²) in [5.41, 5.74) is 28.2. The lowest BCUT2D eigenvalue weighted by Crippen LogP contribution is -2.15. The summed E-state index contributed by atoms with van der Waals surface area (Å²) in [6.45, 7) is 16.6. The number of carbonyl (C=O) groups is 2. The number of fused-ring (bicyclic) bond motifs is 6. The van der Waals surface area contributed by atoms with Gasteiger partial charge in [0.15, 0.2) is 0 Å². The molecular weight excluding hydrogens is 1330 g/mol. The van der Waals surface area contributed by atoms with Crippen molar-refractivity contribution >= 4 is 91.2 Å². The van der Waals surface area contributed by atoms with Crippen LogP contribution in [-0.2, 0) is 46.1 Å². The maximum Gasteiger partial charge on any atom is 0.346 e. The Morgan fingerprint density at radius 2 is 0.912 bits per heavy atom. The van der Waals surface area contributed by atoms with Gasteiger partial charge in [-0.1, -0.05) is 170 Å². The number of hydrogen-bond donors (Lipinski definition) is 2. The summed E-state index contributed by atoms with van der Waals surface area (Å²) in [7, 11) is 0. The molecule has 4 aliphatic rings. The van der Waals surface area contributed by atoms with Crippen LogP contribution in [-0.4, -0.2) is 31.3 Å². The average Bonchev–Trinajstić information content (AvgIpc) is 1.46. The highest BCUT2D eigenvalue weighted by molar-refractivity contribution is 7.24. The minimum Gasteiger partial charge on any atom is -0.486 e. The quantitative estimate of drug-likeness (QED) is 0.0719. The van der Waals surface area contributed by atoms with Crippen LogP contribution in [0.25, 0.3) is 135 Å². The first-order valence-corrected chi connectivity index (χ1v) is 37.0. The van der Waals surface area contributed by atoms with Gasteiger partial charge in [0.2, 0.25) is 0 Å². The molecule has 12 heteroatoms. The number of rotatable bonds is 12. The summed E-state index contributed by atoms with van der Waals surface area (Å²) in [6.07, 6.45) is 9.27. The molecule has 0 spiro atoms. The summed E-state index contributed by atoms with van der Waals surface area (Å²) >= 11 is 6.52. The Morgan fingerprint density at radius 3 is 1.47 bits per heavy atom. The van der Waals surface area contributed by atoms with Crippen molar-refractivity contribution in [3.8, 4) is 103 Å². The summed E-state index contributed by atoms with van der Waals surface area (Å²) in [6, 6.07) is 81.3. The van der Waals surface area contributed by atoms with E-state index in [1.54, 1.807) is 28.7 Å². The fraction of sp³-hybridized carbons (Fsp3) is 0.156. The first-order valence-electron chi connectivity index (χ1n) is 33.7.